The second-order valence-electron chi connectivity index (χ2n) is 6.64. The molecule has 1 saturated heterocycles. The van der Waals surface area contributed by atoms with Crippen molar-refractivity contribution in [2.24, 2.45) is 0 Å². The van der Waals surface area contributed by atoms with Gasteiger partial charge < -0.3 is 10.2 Å². The highest BCUT2D eigenvalue weighted by Crippen LogP contribution is 2.21. The van der Waals surface area contributed by atoms with Gasteiger partial charge in [0.1, 0.15) is 0 Å². The van der Waals surface area contributed by atoms with E-state index in [-0.39, 0.29) is 10.6 Å². The number of nitro benzene ring substituents is 1. The zero-order chi connectivity index (χ0) is 22.1. The Morgan fingerprint density at radius 2 is 1.30 bits per heavy atom. The number of nitro groups is 1. The first-order valence-electron chi connectivity index (χ1n) is 9.14. The molecule has 3 rings (SSSR count). The summed E-state index contributed by atoms with van der Waals surface area (Å²) in [7, 11) is 0. The molecule has 0 radical (unpaired) electrons. The number of carboxylic acids is 2. The third-order valence-corrected chi connectivity index (χ3v) is 4.95. The van der Waals surface area contributed by atoms with Crippen LogP contribution in [0.2, 0.25) is 5.02 Å². The summed E-state index contributed by atoms with van der Waals surface area (Å²) in [6.45, 7) is 5.14. The number of nitrogens with zero attached hydrogens (tertiary/aromatic N) is 3. The summed E-state index contributed by atoms with van der Waals surface area (Å²) in [6, 6.07) is 14.9. The second kappa shape index (κ2) is 11.2. The van der Waals surface area contributed by atoms with E-state index in [2.05, 4.69) is 15.9 Å². The van der Waals surface area contributed by atoms with Gasteiger partial charge in [0.15, 0.2) is 0 Å². The fraction of sp³-hybridized carbons (Fsp3) is 0.300. The molecule has 1 aliphatic heterocycles. The summed E-state index contributed by atoms with van der Waals surface area (Å²) < 4.78 is 0. The number of carbonyl (C=O) groups is 2. The van der Waals surface area contributed by atoms with Gasteiger partial charge in [0.2, 0.25) is 0 Å². The monoisotopic (exact) mass is 435 g/mol. The van der Waals surface area contributed by atoms with Crippen LogP contribution in [0.4, 0.5) is 5.69 Å². The van der Waals surface area contributed by atoms with E-state index in [1.165, 1.54) is 0 Å². The maximum Gasteiger partial charge on any atom is 0.414 e. The van der Waals surface area contributed by atoms with Gasteiger partial charge in [-0.2, -0.15) is 0 Å². The van der Waals surface area contributed by atoms with Crippen molar-refractivity contribution in [2.75, 3.05) is 26.2 Å². The minimum Gasteiger partial charge on any atom is -0.473 e. The minimum absolute atomic E-state index is 0.205. The number of para-hydroxylation sites is 1. The van der Waals surface area contributed by atoms with Crippen molar-refractivity contribution in [1.82, 2.24) is 9.80 Å². The SMILES string of the molecule is O=C(O)C(=O)O.O=[N+]([O-])c1ccccc1CN1CCN(Cc2ccccc2Cl)CC1. The molecule has 0 saturated carbocycles. The lowest BCUT2D eigenvalue weighted by molar-refractivity contribution is -0.385. The summed E-state index contributed by atoms with van der Waals surface area (Å²) in [4.78, 5) is 33.7. The van der Waals surface area contributed by atoms with Crippen molar-refractivity contribution in [1.29, 1.82) is 0 Å². The molecular weight excluding hydrogens is 414 g/mol. The van der Waals surface area contributed by atoms with Crippen LogP contribution in [-0.2, 0) is 22.7 Å². The smallest absolute Gasteiger partial charge is 0.414 e. The molecule has 2 aromatic rings. The van der Waals surface area contributed by atoms with Gasteiger partial charge in [0, 0.05) is 55.9 Å². The van der Waals surface area contributed by atoms with Gasteiger partial charge in [-0.15, -0.1) is 0 Å². The molecule has 0 aromatic heterocycles. The molecule has 160 valence electrons. The maximum atomic E-state index is 11.1. The van der Waals surface area contributed by atoms with Gasteiger partial charge in [-0.25, -0.2) is 9.59 Å². The lowest BCUT2D eigenvalue weighted by atomic mass is 10.1. The van der Waals surface area contributed by atoms with Gasteiger partial charge >= 0.3 is 11.9 Å². The maximum absolute atomic E-state index is 11.1. The molecule has 10 heteroatoms. The Bertz CT molecular complexity index is 888. The summed E-state index contributed by atoms with van der Waals surface area (Å²) in [5, 5.41) is 26.7. The van der Waals surface area contributed by atoms with Gasteiger partial charge in [0.05, 0.1) is 4.92 Å². The summed E-state index contributed by atoms with van der Waals surface area (Å²) in [5.41, 5.74) is 2.13. The van der Waals surface area contributed by atoms with Crippen molar-refractivity contribution in [3.63, 3.8) is 0 Å². The Kier molecular flexibility index (Phi) is 8.72. The van der Waals surface area contributed by atoms with E-state index in [1.54, 1.807) is 12.1 Å². The van der Waals surface area contributed by atoms with Crippen LogP contribution in [-0.4, -0.2) is 63.1 Å². The lowest BCUT2D eigenvalue weighted by Crippen LogP contribution is -2.45. The molecule has 2 aromatic carbocycles. The highest BCUT2D eigenvalue weighted by atomic mass is 35.5. The summed E-state index contributed by atoms with van der Waals surface area (Å²) >= 11 is 6.23. The predicted octanol–water partition coefficient (Wildman–Crippen LogP) is 2.72. The molecular formula is C20H22ClN3O6. The third kappa shape index (κ3) is 7.11. The molecule has 2 N–H and O–H groups in total. The van der Waals surface area contributed by atoms with Crippen LogP contribution < -0.4 is 0 Å². The molecule has 0 aliphatic carbocycles. The first-order valence-corrected chi connectivity index (χ1v) is 9.52. The van der Waals surface area contributed by atoms with Gasteiger partial charge in [-0.3, -0.25) is 19.9 Å². The number of carboxylic acid groups (broad SMARTS) is 2. The quantitative estimate of drug-likeness (QED) is 0.417. The summed E-state index contributed by atoms with van der Waals surface area (Å²) in [6.07, 6.45) is 0. The van der Waals surface area contributed by atoms with Crippen molar-refractivity contribution < 1.29 is 24.7 Å². The van der Waals surface area contributed by atoms with Crippen molar-refractivity contribution in [2.45, 2.75) is 13.1 Å². The van der Waals surface area contributed by atoms with Gasteiger partial charge in [-0.1, -0.05) is 48.0 Å². The van der Waals surface area contributed by atoms with E-state index in [0.717, 1.165) is 48.9 Å². The molecule has 0 spiro atoms. The van der Waals surface area contributed by atoms with E-state index in [9.17, 15) is 10.1 Å². The zero-order valence-electron chi connectivity index (χ0n) is 16.1. The first kappa shape index (κ1) is 23.3. The largest absolute Gasteiger partial charge is 0.473 e. The average Bonchev–Trinajstić information content (AvgIpc) is 2.72. The molecule has 0 bridgehead atoms. The number of benzene rings is 2. The van der Waals surface area contributed by atoms with E-state index >= 15 is 0 Å². The fourth-order valence-corrected chi connectivity index (χ4v) is 3.23. The number of halogens is 1. The van der Waals surface area contributed by atoms with Crippen molar-refractivity contribution >= 4 is 29.2 Å². The third-order valence-electron chi connectivity index (χ3n) is 4.58. The standard InChI is InChI=1S/C18H20ClN3O2.C2H2O4/c19-17-7-3-1-5-15(17)13-20-9-11-21(12-10-20)14-16-6-2-4-8-18(16)22(23)24;3-1(4)2(5)6/h1-8H,9-14H2;(H,3,4)(H,5,6). The first-order chi connectivity index (χ1) is 14.3. The Balaban J connectivity index is 0.000000469. The lowest BCUT2D eigenvalue weighted by Gasteiger charge is -2.34. The van der Waals surface area contributed by atoms with Gasteiger partial charge in [0.25, 0.3) is 5.69 Å². The normalized spacial score (nSPS) is 14.4. The van der Waals surface area contributed by atoms with Crippen LogP contribution in [0.25, 0.3) is 0 Å². The molecule has 1 aliphatic rings. The molecule has 1 fully saturated rings. The molecule has 30 heavy (non-hydrogen) atoms. The Labute approximate surface area is 178 Å². The Hall–Kier alpha value is -3.01. The van der Waals surface area contributed by atoms with E-state index < -0.39 is 11.9 Å². The molecule has 0 amide bonds. The van der Waals surface area contributed by atoms with Crippen LogP contribution in [0.15, 0.2) is 48.5 Å². The Morgan fingerprint density at radius 1 is 0.867 bits per heavy atom. The van der Waals surface area contributed by atoms with E-state index in [4.69, 9.17) is 31.4 Å². The minimum atomic E-state index is -1.82. The second-order valence-corrected chi connectivity index (χ2v) is 7.05. The number of hydrogen-bond acceptors (Lipinski definition) is 6. The highest BCUT2D eigenvalue weighted by Gasteiger charge is 2.20. The van der Waals surface area contributed by atoms with E-state index in [1.807, 2.05) is 30.3 Å². The molecule has 0 atom stereocenters. The topological polar surface area (TPSA) is 124 Å². The fourth-order valence-electron chi connectivity index (χ4n) is 3.04. The molecule has 0 unspecified atom stereocenters. The predicted molar refractivity (Wildman–Crippen MR) is 110 cm³/mol. The van der Waals surface area contributed by atoms with Crippen LogP contribution in [0.1, 0.15) is 11.1 Å². The highest BCUT2D eigenvalue weighted by molar-refractivity contribution is 6.31. The zero-order valence-corrected chi connectivity index (χ0v) is 16.9. The van der Waals surface area contributed by atoms with Gasteiger partial charge in [-0.05, 0) is 11.6 Å². The molecule has 9 nitrogen and oxygen atoms in total. The number of hydrogen-bond donors (Lipinski definition) is 2. The molecule has 1 heterocycles. The number of piperazine rings is 1. The van der Waals surface area contributed by atoms with Crippen LogP contribution in [0.3, 0.4) is 0 Å². The number of aliphatic carboxylic acids is 2. The summed E-state index contributed by atoms with van der Waals surface area (Å²) in [5.74, 6) is -3.65. The van der Waals surface area contributed by atoms with Crippen molar-refractivity contribution in [3.8, 4) is 0 Å². The van der Waals surface area contributed by atoms with Crippen LogP contribution >= 0.6 is 11.6 Å². The Morgan fingerprint density at radius 3 is 1.77 bits per heavy atom. The average molecular weight is 436 g/mol. The van der Waals surface area contributed by atoms with Crippen LogP contribution in [0.5, 0.6) is 0 Å². The van der Waals surface area contributed by atoms with Crippen LogP contribution in [0, 0.1) is 10.1 Å². The number of rotatable bonds is 5. The van der Waals surface area contributed by atoms with E-state index in [0.29, 0.717) is 6.54 Å². The van der Waals surface area contributed by atoms with Crippen molar-refractivity contribution in [3.05, 3.63) is 74.8 Å².